The molecule has 0 fully saturated rings. The van der Waals surface area contributed by atoms with Crippen molar-refractivity contribution in [1.82, 2.24) is 15.6 Å². The summed E-state index contributed by atoms with van der Waals surface area (Å²) in [6, 6.07) is 5.75. The topological polar surface area (TPSA) is 67.8 Å². The maximum Gasteiger partial charge on any atom is 0.191 e. The second-order valence-corrected chi connectivity index (χ2v) is 6.76. The maximum absolute atomic E-state index is 5.43. The van der Waals surface area contributed by atoms with Crippen molar-refractivity contribution in [3.05, 3.63) is 39.3 Å². The fourth-order valence-corrected chi connectivity index (χ4v) is 3.14. The Balaban J connectivity index is 2.06. The molecule has 0 saturated carbocycles. The van der Waals surface area contributed by atoms with Crippen LogP contribution in [0, 0.1) is 13.8 Å². The van der Waals surface area contributed by atoms with Crippen LogP contribution in [0.4, 0.5) is 0 Å². The van der Waals surface area contributed by atoms with E-state index < -0.39 is 0 Å². The summed E-state index contributed by atoms with van der Waals surface area (Å²) in [6.07, 6.45) is 0. The van der Waals surface area contributed by atoms with Gasteiger partial charge in [0.1, 0.15) is 16.5 Å². The molecule has 1 aromatic carbocycles. The summed E-state index contributed by atoms with van der Waals surface area (Å²) in [4.78, 5) is 10.4. The molecule has 0 atom stereocenters. The van der Waals surface area contributed by atoms with Gasteiger partial charge in [-0.25, -0.2) is 9.98 Å². The van der Waals surface area contributed by atoms with E-state index in [0.29, 0.717) is 13.1 Å². The number of rotatable bonds is 7. The highest BCUT2D eigenvalue weighted by Gasteiger charge is 2.07. The lowest BCUT2D eigenvalue weighted by molar-refractivity contribution is 0.391. The molecule has 0 saturated heterocycles. The maximum atomic E-state index is 5.43. The van der Waals surface area contributed by atoms with Gasteiger partial charge in [0.05, 0.1) is 33.0 Å². The molecule has 0 spiro atoms. The van der Waals surface area contributed by atoms with Gasteiger partial charge in [-0.1, -0.05) is 0 Å². The number of thiazole rings is 1. The highest BCUT2D eigenvalue weighted by molar-refractivity contribution is 7.11. The first-order chi connectivity index (χ1) is 12.1. The fourth-order valence-electron chi connectivity index (χ4n) is 2.26. The third kappa shape index (κ3) is 5.35. The van der Waals surface area contributed by atoms with E-state index in [1.165, 1.54) is 4.88 Å². The number of nitrogens with one attached hydrogen (secondary N) is 2. The lowest BCUT2D eigenvalue weighted by Crippen LogP contribution is -2.36. The van der Waals surface area contributed by atoms with E-state index in [1.54, 1.807) is 25.6 Å². The monoisotopic (exact) mass is 362 g/mol. The largest absolute Gasteiger partial charge is 0.497 e. The van der Waals surface area contributed by atoms with Gasteiger partial charge in [0.25, 0.3) is 0 Å². The van der Waals surface area contributed by atoms with E-state index >= 15 is 0 Å². The second-order valence-electron chi connectivity index (χ2n) is 5.48. The molecular weight excluding hydrogens is 336 g/mol. The Morgan fingerprint density at radius 1 is 1.20 bits per heavy atom. The summed E-state index contributed by atoms with van der Waals surface area (Å²) in [7, 11) is 3.29. The highest BCUT2D eigenvalue weighted by Crippen LogP contribution is 2.25. The van der Waals surface area contributed by atoms with Crippen LogP contribution in [0.2, 0.25) is 0 Å². The number of aryl methyl sites for hydroxylation is 2. The van der Waals surface area contributed by atoms with Crippen molar-refractivity contribution < 1.29 is 9.47 Å². The van der Waals surface area contributed by atoms with Crippen molar-refractivity contribution >= 4 is 17.3 Å². The van der Waals surface area contributed by atoms with Gasteiger partial charge in [-0.2, -0.15) is 0 Å². The molecule has 0 unspecified atom stereocenters. The molecule has 136 valence electrons. The third-order valence-electron chi connectivity index (χ3n) is 3.73. The Morgan fingerprint density at radius 3 is 2.60 bits per heavy atom. The zero-order valence-corrected chi connectivity index (χ0v) is 16.3. The van der Waals surface area contributed by atoms with Gasteiger partial charge in [-0.3, -0.25) is 0 Å². The molecular formula is C18H26N4O2S. The van der Waals surface area contributed by atoms with Crippen molar-refractivity contribution in [3.8, 4) is 11.5 Å². The first kappa shape index (κ1) is 19.1. The van der Waals surface area contributed by atoms with Crippen LogP contribution in [0.25, 0.3) is 0 Å². The van der Waals surface area contributed by atoms with Gasteiger partial charge in [-0.05, 0) is 32.9 Å². The van der Waals surface area contributed by atoms with Crippen molar-refractivity contribution in [2.75, 3.05) is 20.8 Å². The van der Waals surface area contributed by atoms with Crippen LogP contribution >= 0.6 is 11.3 Å². The van der Waals surface area contributed by atoms with E-state index in [4.69, 9.17) is 9.47 Å². The summed E-state index contributed by atoms with van der Waals surface area (Å²) in [5.74, 6) is 2.29. The molecule has 0 aliphatic heterocycles. The molecule has 2 aromatic rings. The third-order valence-corrected chi connectivity index (χ3v) is 4.80. The molecule has 25 heavy (non-hydrogen) atoms. The summed E-state index contributed by atoms with van der Waals surface area (Å²) < 4.78 is 10.7. The average molecular weight is 362 g/mol. The Morgan fingerprint density at radius 2 is 2.00 bits per heavy atom. The normalized spacial score (nSPS) is 11.3. The van der Waals surface area contributed by atoms with Gasteiger partial charge >= 0.3 is 0 Å². The van der Waals surface area contributed by atoms with Gasteiger partial charge in [0, 0.05) is 23.1 Å². The number of benzene rings is 1. The summed E-state index contributed by atoms with van der Waals surface area (Å²) in [5, 5.41) is 7.64. The predicted molar refractivity (Wildman–Crippen MR) is 103 cm³/mol. The van der Waals surface area contributed by atoms with Crippen molar-refractivity contribution in [2.45, 2.75) is 33.9 Å². The quantitative estimate of drug-likeness (QED) is 0.585. The van der Waals surface area contributed by atoms with Crippen LogP contribution in [0.3, 0.4) is 0 Å². The molecule has 1 aromatic heterocycles. The zero-order valence-electron chi connectivity index (χ0n) is 15.5. The minimum absolute atomic E-state index is 0.512. The smallest absolute Gasteiger partial charge is 0.191 e. The van der Waals surface area contributed by atoms with Crippen LogP contribution < -0.4 is 20.1 Å². The van der Waals surface area contributed by atoms with Crippen molar-refractivity contribution in [2.24, 2.45) is 4.99 Å². The van der Waals surface area contributed by atoms with Crippen LogP contribution in [0.1, 0.15) is 28.1 Å². The molecule has 2 rings (SSSR count). The SMILES string of the molecule is CCNC(=NCc1ccc(OC)cc1OC)NCc1nc(C)c(C)s1. The van der Waals surface area contributed by atoms with E-state index in [-0.39, 0.29) is 0 Å². The lowest BCUT2D eigenvalue weighted by Gasteiger charge is -2.12. The Labute approximate surface area is 153 Å². The predicted octanol–water partition coefficient (Wildman–Crippen LogP) is 3.03. The summed E-state index contributed by atoms with van der Waals surface area (Å²) in [5.41, 5.74) is 2.09. The lowest BCUT2D eigenvalue weighted by atomic mass is 10.2. The summed E-state index contributed by atoms with van der Waals surface area (Å²) >= 11 is 1.71. The van der Waals surface area contributed by atoms with Crippen molar-refractivity contribution in [3.63, 3.8) is 0 Å². The molecule has 2 N–H and O–H groups in total. The minimum Gasteiger partial charge on any atom is -0.497 e. The number of nitrogens with zero attached hydrogens (tertiary/aromatic N) is 2. The van der Waals surface area contributed by atoms with Crippen LogP contribution in [-0.4, -0.2) is 31.7 Å². The second kappa shape index (κ2) is 9.27. The number of hydrogen-bond donors (Lipinski definition) is 2. The number of ether oxygens (including phenoxy) is 2. The van der Waals surface area contributed by atoms with Crippen LogP contribution in [0.15, 0.2) is 23.2 Å². The molecule has 1 heterocycles. The molecule has 0 amide bonds. The van der Waals surface area contributed by atoms with E-state index in [2.05, 4.69) is 27.5 Å². The molecule has 0 radical (unpaired) electrons. The number of guanidine groups is 1. The van der Waals surface area contributed by atoms with E-state index in [0.717, 1.165) is 40.3 Å². The van der Waals surface area contributed by atoms with Gasteiger partial charge in [-0.15, -0.1) is 11.3 Å². The first-order valence-electron chi connectivity index (χ1n) is 8.23. The highest BCUT2D eigenvalue weighted by atomic mass is 32.1. The molecule has 6 nitrogen and oxygen atoms in total. The average Bonchev–Trinajstić information content (AvgIpc) is 2.95. The van der Waals surface area contributed by atoms with Gasteiger partial charge in [0.2, 0.25) is 0 Å². The standard InChI is InChI=1S/C18H26N4O2S/c1-6-19-18(21-11-17-22-12(2)13(3)25-17)20-10-14-7-8-15(23-4)9-16(14)24-5/h7-9H,6,10-11H2,1-5H3,(H2,19,20,21). The zero-order chi connectivity index (χ0) is 18.2. The molecule has 0 bridgehead atoms. The molecule has 7 heteroatoms. The minimum atomic E-state index is 0.512. The van der Waals surface area contributed by atoms with Crippen LogP contribution in [0.5, 0.6) is 11.5 Å². The number of aliphatic imine (C=N–C) groups is 1. The number of methoxy groups -OCH3 is 2. The van der Waals surface area contributed by atoms with Gasteiger partial charge in [0.15, 0.2) is 5.96 Å². The Bertz CT molecular complexity index is 708. The molecule has 0 aliphatic rings. The van der Waals surface area contributed by atoms with Gasteiger partial charge < -0.3 is 20.1 Å². The summed E-state index contributed by atoms with van der Waals surface area (Å²) in [6.45, 7) is 8.13. The Hall–Kier alpha value is -2.28. The fraction of sp³-hybridized carbons (Fsp3) is 0.444. The number of hydrogen-bond acceptors (Lipinski definition) is 5. The van der Waals surface area contributed by atoms with E-state index in [9.17, 15) is 0 Å². The number of aromatic nitrogens is 1. The molecule has 0 aliphatic carbocycles. The first-order valence-corrected chi connectivity index (χ1v) is 9.05. The van der Waals surface area contributed by atoms with Crippen LogP contribution in [-0.2, 0) is 13.1 Å². The van der Waals surface area contributed by atoms with E-state index in [1.807, 2.05) is 32.0 Å². The van der Waals surface area contributed by atoms with Crippen molar-refractivity contribution in [1.29, 1.82) is 0 Å². The Kier molecular flexibility index (Phi) is 7.06.